The second-order valence-electron chi connectivity index (χ2n) is 5.05. The maximum Gasteiger partial charge on any atom is 0.352 e. The number of carboxylic acids is 1. The molecule has 2 rings (SSSR count). The highest BCUT2D eigenvalue weighted by Crippen LogP contribution is 2.19. The summed E-state index contributed by atoms with van der Waals surface area (Å²) in [4.78, 5) is 22.9. The Bertz CT molecular complexity index is 475. The van der Waals surface area contributed by atoms with Crippen LogP contribution in [-0.2, 0) is 16.1 Å². The topological polar surface area (TPSA) is 80.6 Å². The lowest BCUT2D eigenvalue weighted by molar-refractivity contribution is -0.124. The van der Waals surface area contributed by atoms with E-state index in [1.807, 2.05) is 6.92 Å². The Morgan fingerprint density at radius 2 is 2.16 bits per heavy atom. The van der Waals surface area contributed by atoms with E-state index in [1.165, 1.54) is 10.6 Å². The molecule has 0 atom stereocenters. The van der Waals surface area contributed by atoms with Gasteiger partial charge in [-0.3, -0.25) is 4.79 Å². The van der Waals surface area contributed by atoms with Crippen LogP contribution in [0.3, 0.4) is 0 Å². The SMILES string of the molecule is CC1(NC(=O)Cn2cccc2C(=O)O)CCOCC1. The fourth-order valence-corrected chi connectivity index (χ4v) is 2.22. The van der Waals surface area contributed by atoms with Crippen molar-refractivity contribution >= 4 is 11.9 Å². The van der Waals surface area contributed by atoms with E-state index in [1.54, 1.807) is 12.3 Å². The summed E-state index contributed by atoms with van der Waals surface area (Å²) < 4.78 is 6.70. The minimum Gasteiger partial charge on any atom is -0.477 e. The van der Waals surface area contributed by atoms with Gasteiger partial charge in [-0.25, -0.2) is 4.79 Å². The normalized spacial score (nSPS) is 17.9. The third-order valence-corrected chi connectivity index (χ3v) is 3.40. The van der Waals surface area contributed by atoms with Crippen molar-refractivity contribution in [1.29, 1.82) is 0 Å². The zero-order valence-electron chi connectivity index (χ0n) is 10.9. The van der Waals surface area contributed by atoms with E-state index >= 15 is 0 Å². The summed E-state index contributed by atoms with van der Waals surface area (Å²) in [6.07, 6.45) is 3.14. The van der Waals surface area contributed by atoms with Crippen LogP contribution in [0.15, 0.2) is 18.3 Å². The van der Waals surface area contributed by atoms with Crippen molar-refractivity contribution < 1.29 is 19.4 Å². The molecule has 6 heteroatoms. The van der Waals surface area contributed by atoms with Crippen molar-refractivity contribution in [1.82, 2.24) is 9.88 Å². The number of amides is 1. The average Bonchev–Trinajstić information content (AvgIpc) is 2.77. The summed E-state index contributed by atoms with van der Waals surface area (Å²) in [5.41, 5.74) is -0.140. The largest absolute Gasteiger partial charge is 0.477 e. The monoisotopic (exact) mass is 266 g/mol. The number of carbonyl (C=O) groups is 2. The minimum absolute atomic E-state index is 0.0189. The Hall–Kier alpha value is -1.82. The molecule has 19 heavy (non-hydrogen) atoms. The molecule has 0 unspecified atom stereocenters. The minimum atomic E-state index is -1.03. The molecule has 1 fully saturated rings. The van der Waals surface area contributed by atoms with E-state index in [4.69, 9.17) is 9.84 Å². The van der Waals surface area contributed by atoms with Crippen molar-refractivity contribution in [3.63, 3.8) is 0 Å². The number of ether oxygens (including phenoxy) is 1. The molecule has 2 heterocycles. The van der Waals surface area contributed by atoms with Gasteiger partial charge in [-0.15, -0.1) is 0 Å². The molecule has 0 aliphatic carbocycles. The van der Waals surface area contributed by atoms with Gasteiger partial charge in [0, 0.05) is 24.9 Å². The van der Waals surface area contributed by atoms with Gasteiger partial charge in [0.05, 0.1) is 0 Å². The number of aromatic nitrogens is 1. The van der Waals surface area contributed by atoms with Gasteiger partial charge in [-0.1, -0.05) is 0 Å². The lowest BCUT2D eigenvalue weighted by Gasteiger charge is -2.34. The van der Waals surface area contributed by atoms with Crippen molar-refractivity contribution in [2.24, 2.45) is 0 Å². The highest BCUT2D eigenvalue weighted by Gasteiger charge is 2.29. The quantitative estimate of drug-likeness (QED) is 0.847. The van der Waals surface area contributed by atoms with Crippen molar-refractivity contribution in [3.05, 3.63) is 24.0 Å². The number of nitrogens with one attached hydrogen (secondary N) is 1. The Morgan fingerprint density at radius 3 is 2.79 bits per heavy atom. The van der Waals surface area contributed by atoms with Gasteiger partial charge in [-0.05, 0) is 31.9 Å². The first-order chi connectivity index (χ1) is 9.00. The standard InChI is InChI=1S/C13H18N2O4/c1-13(4-7-19-8-5-13)14-11(16)9-15-6-2-3-10(15)12(17)18/h2-3,6H,4-5,7-9H2,1H3,(H,14,16)(H,17,18). The molecule has 0 spiro atoms. The first kappa shape index (κ1) is 13.6. The van der Waals surface area contributed by atoms with Crippen LogP contribution >= 0.6 is 0 Å². The molecular formula is C13H18N2O4. The van der Waals surface area contributed by atoms with Crippen LogP contribution in [0.5, 0.6) is 0 Å². The summed E-state index contributed by atoms with van der Waals surface area (Å²) in [6, 6.07) is 3.10. The number of aromatic carboxylic acids is 1. The van der Waals surface area contributed by atoms with E-state index < -0.39 is 5.97 Å². The third-order valence-electron chi connectivity index (χ3n) is 3.40. The molecular weight excluding hydrogens is 248 g/mol. The molecule has 104 valence electrons. The number of hydrogen-bond donors (Lipinski definition) is 2. The van der Waals surface area contributed by atoms with Crippen LogP contribution in [0.1, 0.15) is 30.3 Å². The highest BCUT2D eigenvalue weighted by atomic mass is 16.5. The van der Waals surface area contributed by atoms with Crippen LogP contribution in [-0.4, -0.2) is 40.3 Å². The Kier molecular flexibility index (Phi) is 3.90. The average molecular weight is 266 g/mol. The van der Waals surface area contributed by atoms with E-state index in [0.717, 1.165) is 12.8 Å². The van der Waals surface area contributed by atoms with Crippen LogP contribution in [0.4, 0.5) is 0 Å². The van der Waals surface area contributed by atoms with Crippen LogP contribution < -0.4 is 5.32 Å². The summed E-state index contributed by atoms with van der Waals surface area (Å²) in [6.45, 7) is 3.29. The van der Waals surface area contributed by atoms with Crippen molar-refractivity contribution in [2.75, 3.05) is 13.2 Å². The number of carbonyl (C=O) groups excluding carboxylic acids is 1. The highest BCUT2D eigenvalue weighted by molar-refractivity contribution is 5.87. The molecule has 1 aliphatic heterocycles. The predicted octanol–water partition coefficient (Wildman–Crippen LogP) is 0.872. The van der Waals surface area contributed by atoms with E-state index in [9.17, 15) is 9.59 Å². The maximum absolute atomic E-state index is 12.0. The van der Waals surface area contributed by atoms with Crippen LogP contribution in [0.2, 0.25) is 0 Å². The number of carboxylic acid groups (broad SMARTS) is 1. The Balaban J connectivity index is 1.97. The van der Waals surface area contributed by atoms with Crippen molar-refractivity contribution in [2.45, 2.75) is 31.8 Å². The summed E-state index contributed by atoms with van der Waals surface area (Å²) >= 11 is 0. The van der Waals surface area contributed by atoms with Gasteiger partial charge in [0.15, 0.2) is 0 Å². The van der Waals surface area contributed by atoms with Crippen LogP contribution in [0.25, 0.3) is 0 Å². The fourth-order valence-electron chi connectivity index (χ4n) is 2.22. The molecule has 1 aromatic heterocycles. The summed E-state index contributed by atoms with van der Waals surface area (Å²) in [5, 5.41) is 11.9. The van der Waals surface area contributed by atoms with Gasteiger partial charge in [0.2, 0.25) is 5.91 Å². The second-order valence-corrected chi connectivity index (χ2v) is 5.05. The zero-order valence-corrected chi connectivity index (χ0v) is 10.9. The zero-order chi connectivity index (χ0) is 13.9. The van der Waals surface area contributed by atoms with Gasteiger partial charge < -0.3 is 19.7 Å². The van der Waals surface area contributed by atoms with Gasteiger partial charge in [0.1, 0.15) is 12.2 Å². The smallest absolute Gasteiger partial charge is 0.352 e. The number of nitrogens with zero attached hydrogens (tertiary/aromatic N) is 1. The number of hydrogen-bond acceptors (Lipinski definition) is 3. The Labute approximate surface area is 111 Å². The van der Waals surface area contributed by atoms with Crippen LogP contribution in [0, 0.1) is 0 Å². The van der Waals surface area contributed by atoms with E-state index in [-0.39, 0.29) is 23.7 Å². The molecule has 1 saturated heterocycles. The summed E-state index contributed by atoms with van der Waals surface area (Å²) in [5.74, 6) is -1.21. The maximum atomic E-state index is 12.0. The van der Waals surface area contributed by atoms with Gasteiger partial charge in [-0.2, -0.15) is 0 Å². The molecule has 0 aromatic carbocycles. The Morgan fingerprint density at radius 1 is 1.47 bits per heavy atom. The lowest BCUT2D eigenvalue weighted by atomic mass is 9.92. The third kappa shape index (κ3) is 3.35. The van der Waals surface area contributed by atoms with Crippen molar-refractivity contribution in [3.8, 4) is 0 Å². The molecule has 6 nitrogen and oxygen atoms in total. The molecule has 0 saturated carbocycles. The van der Waals surface area contributed by atoms with E-state index in [0.29, 0.717) is 13.2 Å². The van der Waals surface area contributed by atoms with E-state index in [2.05, 4.69) is 5.32 Å². The first-order valence-corrected chi connectivity index (χ1v) is 6.27. The lowest BCUT2D eigenvalue weighted by Crippen LogP contribution is -2.50. The molecule has 1 amide bonds. The molecule has 0 bridgehead atoms. The molecule has 2 N–H and O–H groups in total. The second kappa shape index (κ2) is 5.44. The molecule has 1 aromatic rings. The fraction of sp³-hybridized carbons (Fsp3) is 0.538. The van der Waals surface area contributed by atoms with Gasteiger partial charge in [0.25, 0.3) is 0 Å². The first-order valence-electron chi connectivity index (χ1n) is 6.27. The molecule has 0 radical (unpaired) electrons. The van der Waals surface area contributed by atoms with Gasteiger partial charge >= 0.3 is 5.97 Å². The summed E-state index contributed by atoms with van der Waals surface area (Å²) in [7, 11) is 0. The number of rotatable bonds is 4. The predicted molar refractivity (Wildman–Crippen MR) is 68.0 cm³/mol. The molecule has 1 aliphatic rings.